The molecule has 0 radical (unpaired) electrons. The van der Waals surface area contributed by atoms with E-state index in [0.29, 0.717) is 12.8 Å². The van der Waals surface area contributed by atoms with Crippen molar-refractivity contribution in [2.24, 2.45) is 0 Å². The summed E-state index contributed by atoms with van der Waals surface area (Å²) >= 11 is 0. The average Bonchev–Trinajstić information content (AvgIpc) is 3.32. The van der Waals surface area contributed by atoms with Gasteiger partial charge in [0.15, 0.2) is 6.10 Å². The van der Waals surface area contributed by atoms with E-state index in [4.69, 9.17) is 9.47 Å². The topological polar surface area (TPSA) is 72.8 Å². The van der Waals surface area contributed by atoms with Gasteiger partial charge >= 0.3 is 11.9 Å². The maximum Gasteiger partial charge on any atom is 0.306 e. The summed E-state index contributed by atoms with van der Waals surface area (Å²) in [6, 6.07) is 0. The quantitative estimate of drug-likeness (QED) is 0.0374. The lowest BCUT2D eigenvalue weighted by molar-refractivity contribution is -0.161. The molecule has 0 aromatic rings. The monoisotopic (exact) mass is 927 g/mol. The van der Waals surface area contributed by atoms with Gasteiger partial charge < -0.3 is 14.6 Å². The third-order valence-electron chi connectivity index (χ3n) is 13.4. The van der Waals surface area contributed by atoms with Gasteiger partial charge in [-0.15, -0.1) is 0 Å². The molecule has 66 heavy (non-hydrogen) atoms. The zero-order chi connectivity index (χ0) is 47.7. The minimum atomic E-state index is -0.774. The molecule has 0 fully saturated rings. The molecule has 5 heteroatoms. The van der Waals surface area contributed by atoms with E-state index in [1.807, 2.05) is 0 Å². The van der Waals surface area contributed by atoms with Gasteiger partial charge in [0.1, 0.15) is 6.61 Å². The summed E-state index contributed by atoms with van der Waals surface area (Å²) in [4.78, 5) is 24.5. The van der Waals surface area contributed by atoms with Gasteiger partial charge in [-0.25, -0.2) is 0 Å². The molecular weight excluding hydrogens is 813 g/mol. The molecule has 1 N–H and O–H groups in total. The third kappa shape index (κ3) is 54.7. The number of unbranched alkanes of at least 4 members (excludes halogenated alkanes) is 41. The maximum absolute atomic E-state index is 12.3. The number of aliphatic hydroxyl groups excluding tert-OH is 1. The van der Waals surface area contributed by atoms with Crippen LogP contribution in [0.4, 0.5) is 0 Å². The Balaban J connectivity index is 3.39. The Morgan fingerprint density at radius 2 is 0.606 bits per heavy atom. The van der Waals surface area contributed by atoms with Crippen molar-refractivity contribution >= 4 is 11.9 Å². The molecule has 0 rings (SSSR count). The van der Waals surface area contributed by atoms with Gasteiger partial charge in [0.05, 0.1) is 6.61 Å². The van der Waals surface area contributed by atoms with Crippen molar-refractivity contribution in [2.45, 2.75) is 328 Å². The Kier molecular flexibility index (Phi) is 55.8. The van der Waals surface area contributed by atoms with E-state index in [1.54, 1.807) is 0 Å². The average molecular weight is 928 g/mol. The normalized spacial score (nSPS) is 12.3. The molecule has 388 valence electrons. The first-order chi connectivity index (χ1) is 32.6. The lowest BCUT2D eigenvalue weighted by Gasteiger charge is -2.15. The molecule has 0 saturated heterocycles. The predicted octanol–water partition coefficient (Wildman–Crippen LogP) is 19.9. The molecular formula is C61H114O5. The molecule has 1 atom stereocenters. The lowest BCUT2D eigenvalue weighted by atomic mass is 10.0. The largest absolute Gasteiger partial charge is 0.462 e. The van der Waals surface area contributed by atoms with Crippen LogP contribution in [-0.4, -0.2) is 36.4 Å². The van der Waals surface area contributed by atoms with Crippen molar-refractivity contribution in [1.29, 1.82) is 0 Å². The van der Waals surface area contributed by atoms with Gasteiger partial charge in [0.25, 0.3) is 0 Å². The van der Waals surface area contributed by atoms with Crippen LogP contribution in [0.5, 0.6) is 0 Å². The number of hydrogen-bond donors (Lipinski definition) is 1. The lowest BCUT2D eigenvalue weighted by Crippen LogP contribution is -2.28. The van der Waals surface area contributed by atoms with Gasteiger partial charge in [-0.1, -0.05) is 275 Å². The van der Waals surface area contributed by atoms with Gasteiger partial charge in [0, 0.05) is 12.8 Å². The minimum absolute atomic E-state index is 0.0649. The van der Waals surface area contributed by atoms with Crippen molar-refractivity contribution in [3.8, 4) is 0 Å². The Bertz CT molecular complexity index is 1050. The van der Waals surface area contributed by atoms with Gasteiger partial charge in [-0.05, 0) is 70.6 Å². The molecule has 0 aliphatic heterocycles. The fraction of sp³-hybridized carbons (Fsp3) is 0.869. The number of carbonyl (C=O) groups is 2. The molecule has 5 nitrogen and oxygen atoms in total. The van der Waals surface area contributed by atoms with E-state index in [2.05, 4.69) is 50.3 Å². The van der Waals surface area contributed by atoms with Crippen LogP contribution in [0.1, 0.15) is 322 Å². The van der Waals surface area contributed by atoms with Gasteiger partial charge in [0.2, 0.25) is 0 Å². The second-order valence-electron chi connectivity index (χ2n) is 20.1. The number of rotatable bonds is 55. The Hall–Kier alpha value is -1.88. The SMILES string of the molecule is CCCCC/C=C\C/C=C\CCCCCCCCCC(=O)OC(CO)COC(=O)CCCCCCCCCCCCCCCCCCCCCCCCC/C=C\CCCCCCCCCC. The smallest absolute Gasteiger partial charge is 0.306 e. The summed E-state index contributed by atoms with van der Waals surface area (Å²) in [6.07, 6.45) is 74.3. The molecule has 1 unspecified atom stereocenters. The number of aliphatic hydroxyl groups is 1. The molecule has 0 heterocycles. The fourth-order valence-corrected chi connectivity index (χ4v) is 8.94. The molecule has 0 aromatic carbocycles. The predicted molar refractivity (Wildman–Crippen MR) is 288 cm³/mol. The molecule has 0 saturated carbocycles. The summed E-state index contributed by atoms with van der Waals surface area (Å²) < 4.78 is 10.7. The number of carbonyl (C=O) groups excluding carboxylic acids is 2. The van der Waals surface area contributed by atoms with Crippen LogP contribution in [0.25, 0.3) is 0 Å². The van der Waals surface area contributed by atoms with Crippen LogP contribution in [0.15, 0.2) is 36.5 Å². The summed E-state index contributed by atoms with van der Waals surface area (Å²) in [5.41, 5.74) is 0. The zero-order valence-electron chi connectivity index (χ0n) is 44.5. The minimum Gasteiger partial charge on any atom is -0.462 e. The van der Waals surface area contributed by atoms with Gasteiger partial charge in [-0.3, -0.25) is 9.59 Å². The molecule has 0 bridgehead atoms. The first-order valence-electron chi connectivity index (χ1n) is 29.5. The number of hydrogen-bond acceptors (Lipinski definition) is 5. The summed E-state index contributed by atoms with van der Waals surface area (Å²) in [5, 5.41) is 9.64. The van der Waals surface area contributed by atoms with E-state index in [9.17, 15) is 14.7 Å². The molecule has 0 aliphatic carbocycles. The van der Waals surface area contributed by atoms with Crippen molar-refractivity contribution in [3.63, 3.8) is 0 Å². The molecule has 0 aromatic heterocycles. The zero-order valence-corrected chi connectivity index (χ0v) is 44.5. The second-order valence-corrected chi connectivity index (χ2v) is 20.1. The van der Waals surface area contributed by atoms with Crippen LogP contribution in [-0.2, 0) is 19.1 Å². The van der Waals surface area contributed by atoms with Crippen LogP contribution in [0, 0.1) is 0 Å². The summed E-state index contributed by atoms with van der Waals surface area (Å²) in [7, 11) is 0. The van der Waals surface area contributed by atoms with E-state index in [1.165, 1.54) is 244 Å². The van der Waals surface area contributed by atoms with Crippen molar-refractivity contribution in [1.82, 2.24) is 0 Å². The highest BCUT2D eigenvalue weighted by Gasteiger charge is 2.16. The van der Waals surface area contributed by atoms with E-state index in [0.717, 1.165) is 51.4 Å². The fourth-order valence-electron chi connectivity index (χ4n) is 8.94. The highest BCUT2D eigenvalue weighted by Crippen LogP contribution is 2.17. The molecule has 0 spiro atoms. The van der Waals surface area contributed by atoms with Gasteiger partial charge in [-0.2, -0.15) is 0 Å². The van der Waals surface area contributed by atoms with E-state index in [-0.39, 0.29) is 25.2 Å². The Morgan fingerprint density at radius 1 is 0.348 bits per heavy atom. The summed E-state index contributed by atoms with van der Waals surface area (Å²) in [6.45, 7) is 4.15. The number of esters is 2. The van der Waals surface area contributed by atoms with Crippen molar-refractivity contribution in [3.05, 3.63) is 36.5 Å². The van der Waals surface area contributed by atoms with Crippen LogP contribution >= 0.6 is 0 Å². The first-order valence-corrected chi connectivity index (χ1v) is 29.5. The van der Waals surface area contributed by atoms with Crippen molar-refractivity contribution < 1.29 is 24.2 Å². The van der Waals surface area contributed by atoms with Crippen molar-refractivity contribution in [2.75, 3.05) is 13.2 Å². The first kappa shape index (κ1) is 64.1. The highest BCUT2D eigenvalue weighted by atomic mass is 16.6. The molecule has 0 aliphatic rings. The standard InChI is InChI=1S/C61H114O5/c1-3-5-7-9-11-13-15-17-19-21-22-23-24-25-26-27-28-29-30-31-32-33-34-35-36-37-38-40-41-43-45-47-49-51-53-55-60(63)65-58-59(57-62)66-61(64)56-54-52-50-48-46-44-42-39-20-18-16-14-12-10-8-6-4-2/h12,14,18,20-22,59,62H,3-11,13,15-17,19,23-58H2,1-2H3/b14-12-,20-18-,22-21-. The Morgan fingerprint density at radius 3 is 0.939 bits per heavy atom. The highest BCUT2D eigenvalue weighted by molar-refractivity contribution is 5.70. The molecule has 0 amide bonds. The third-order valence-corrected chi connectivity index (χ3v) is 13.4. The van der Waals surface area contributed by atoms with Crippen LogP contribution in [0.2, 0.25) is 0 Å². The number of allylic oxidation sites excluding steroid dienone is 6. The van der Waals surface area contributed by atoms with Crippen LogP contribution < -0.4 is 0 Å². The maximum atomic E-state index is 12.3. The summed E-state index contributed by atoms with van der Waals surface area (Å²) in [5.74, 6) is -0.584. The van der Waals surface area contributed by atoms with E-state index >= 15 is 0 Å². The van der Waals surface area contributed by atoms with E-state index < -0.39 is 6.10 Å². The number of ether oxygens (including phenoxy) is 2. The second kappa shape index (κ2) is 57.4. The Labute approximate surface area is 412 Å². The van der Waals surface area contributed by atoms with Crippen LogP contribution in [0.3, 0.4) is 0 Å².